The maximum Gasteiger partial charge on any atom is 0.163 e. The molecule has 2 heteroatoms. The van der Waals surface area contributed by atoms with E-state index >= 15 is 0 Å². The third kappa shape index (κ3) is 5.49. The number of carbonyl (C=O) groups is 1. The average molecular weight is 252 g/mol. The van der Waals surface area contributed by atoms with Gasteiger partial charge in [-0.05, 0) is 24.3 Å². The minimum absolute atomic E-state index is 0.331. The molecule has 96 valence electrons. The van der Waals surface area contributed by atoms with Crippen LogP contribution in [0.2, 0.25) is 0 Å². The van der Waals surface area contributed by atoms with Crippen molar-refractivity contribution in [3.05, 3.63) is 21.9 Å². The van der Waals surface area contributed by atoms with Crippen LogP contribution in [0.15, 0.2) is 10.8 Å². The van der Waals surface area contributed by atoms with Crippen molar-refractivity contribution in [1.29, 1.82) is 0 Å². The highest BCUT2D eigenvalue weighted by Gasteiger charge is 2.08. The molecule has 0 fully saturated rings. The molecule has 0 aliphatic rings. The van der Waals surface area contributed by atoms with Crippen molar-refractivity contribution < 1.29 is 4.79 Å². The zero-order valence-corrected chi connectivity index (χ0v) is 11.9. The molecule has 0 atom stereocenters. The van der Waals surface area contributed by atoms with Gasteiger partial charge in [-0.15, -0.1) is 0 Å². The van der Waals surface area contributed by atoms with Gasteiger partial charge in [0.05, 0.1) is 0 Å². The number of ketones is 1. The van der Waals surface area contributed by atoms with Gasteiger partial charge in [0.1, 0.15) is 0 Å². The SMILES string of the molecule is CCCCCCCCCC(=O)c1cscc1C. The summed E-state index contributed by atoms with van der Waals surface area (Å²) in [5.74, 6) is 0.331. The minimum Gasteiger partial charge on any atom is -0.294 e. The minimum atomic E-state index is 0.331. The Morgan fingerprint density at radius 1 is 1.06 bits per heavy atom. The van der Waals surface area contributed by atoms with E-state index in [1.165, 1.54) is 38.5 Å². The molecule has 1 aromatic heterocycles. The van der Waals surface area contributed by atoms with Gasteiger partial charge in [0.25, 0.3) is 0 Å². The Labute approximate surface area is 109 Å². The number of Topliss-reactive ketones (excluding diaryl/α,β-unsaturated/α-hetero) is 1. The molecule has 17 heavy (non-hydrogen) atoms. The molecule has 0 saturated carbocycles. The van der Waals surface area contributed by atoms with Crippen LogP contribution >= 0.6 is 11.3 Å². The van der Waals surface area contributed by atoms with Crippen molar-refractivity contribution in [3.63, 3.8) is 0 Å². The van der Waals surface area contributed by atoms with Crippen LogP contribution in [-0.4, -0.2) is 5.78 Å². The lowest BCUT2D eigenvalue weighted by atomic mass is 10.0. The van der Waals surface area contributed by atoms with E-state index < -0.39 is 0 Å². The summed E-state index contributed by atoms with van der Waals surface area (Å²) in [5.41, 5.74) is 2.09. The first kappa shape index (κ1) is 14.4. The number of unbranched alkanes of at least 4 members (excludes halogenated alkanes) is 6. The highest BCUT2D eigenvalue weighted by molar-refractivity contribution is 7.08. The quantitative estimate of drug-likeness (QED) is 0.426. The summed E-state index contributed by atoms with van der Waals surface area (Å²) in [6.45, 7) is 4.26. The van der Waals surface area contributed by atoms with Crippen LogP contribution in [0.3, 0.4) is 0 Å². The van der Waals surface area contributed by atoms with E-state index in [0.717, 1.165) is 24.0 Å². The summed E-state index contributed by atoms with van der Waals surface area (Å²) < 4.78 is 0. The Kier molecular flexibility index (Phi) is 7.18. The number of rotatable bonds is 9. The largest absolute Gasteiger partial charge is 0.294 e. The lowest BCUT2D eigenvalue weighted by molar-refractivity contribution is 0.0979. The summed E-state index contributed by atoms with van der Waals surface area (Å²) in [6, 6.07) is 0. The van der Waals surface area contributed by atoms with E-state index in [0.29, 0.717) is 5.78 Å². The zero-order chi connectivity index (χ0) is 12.5. The molecule has 0 spiro atoms. The molecule has 0 aliphatic heterocycles. The van der Waals surface area contributed by atoms with Gasteiger partial charge in [0.15, 0.2) is 5.78 Å². The van der Waals surface area contributed by atoms with Crippen LogP contribution in [0.25, 0.3) is 0 Å². The Bertz CT molecular complexity index is 327. The molecular weight excluding hydrogens is 228 g/mol. The van der Waals surface area contributed by atoms with Crippen molar-refractivity contribution in [3.8, 4) is 0 Å². The topological polar surface area (TPSA) is 17.1 Å². The fourth-order valence-corrected chi connectivity index (χ4v) is 2.88. The fraction of sp³-hybridized carbons (Fsp3) is 0.667. The van der Waals surface area contributed by atoms with Crippen LogP contribution in [0.4, 0.5) is 0 Å². The molecule has 1 nitrogen and oxygen atoms in total. The van der Waals surface area contributed by atoms with Crippen molar-refractivity contribution in [2.45, 2.75) is 65.2 Å². The van der Waals surface area contributed by atoms with Crippen molar-refractivity contribution >= 4 is 17.1 Å². The van der Waals surface area contributed by atoms with E-state index in [2.05, 4.69) is 12.3 Å². The molecule has 0 aliphatic carbocycles. The molecule has 1 rings (SSSR count). The van der Waals surface area contributed by atoms with E-state index in [1.54, 1.807) is 11.3 Å². The van der Waals surface area contributed by atoms with Crippen LogP contribution < -0.4 is 0 Å². The molecule has 1 heterocycles. The second-order valence-corrected chi connectivity index (χ2v) is 5.51. The number of aryl methyl sites for hydroxylation is 1. The maximum absolute atomic E-state index is 11.9. The normalized spacial score (nSPS) is 10.7. The van der Waals surface area contributed by atoms with E-state index in [1.807, 2.05) is 12.3 Å². The monoisotopic (exact) mass is 252 g/mol. The molecule has 0 aromatic carbocycles. The Morgan fingerprint density at radius 2 is 1.71 bits per heavy atom. The first-order valence-electron chi connectivity index (χ1n) is 6.81. The summed E-state index contributed by atoms with van der Waals surface area (Å²) in [4.78, 5) is 11.9. The first-order valence-corrected chi connectivity index (χ1v) is 7.76. The third-order valence-corrected chi connectivity index (χ3v) is 4.02. The first-order chi connectivity index (χ1) is 8.25. The van der Waals surface area contributed by atoms with Crippen LogP contribution in [0.5, 0.6) is 0 Å². The number of carbonyl (C=O) groups excluding carboxylic acids is 1. The van der Waals surface area contributed by atoms with Crippen LogP contribution in [0.1, 0.15) is 74.2 Å². The Hall–Kier alpha value is -0.630. The average Bonchev–Trinajstić information content (AvgIpc) is 2.74. The van der Waals surface area contributed by atoms with Gasteiger partial charge in [-0.25, -0.2) is 0 Å². The Morgan fingerprint density at radius 3 is 2.29 bits per heavy atom. The smallest absolute Gasteiger partial charge is 0.163 e. The zero-order valence-electron chi connectivity index (χ0n) is 11.1. The second kappa shape index (κ2) is 8.46. The number of thiophene rings is 1. The summed E-state index contributed by atoms with van der Waals surface area (Å²) >= 11 is 1.63. The third-order valence-electron chi connectivity index (χ3n) is 3.16. The summed E-state index contributed by atoms with van der Waals surface area (Å²) in [6.07, 6.45) is 9.62. The number of hydrogen-bond acceptors (Lipinski definition) is 2. The lowest BCUT2D eigenvalue weighted by Crippen LogP contribution is -1.98. The predicted octanol–water partition coefficient (Wildman–Crippen LogP) is 5.38. The molecule has 0 bridgehead atoms. The Balaban J connectivity index is 2.07. The van der Waals surface area contributed by atoms with Gasteiger partial charge >= 0.3 is 0 Å². The molecule has 0 radical (unpaired) electrons. The van der Waals surface area contributed by atoms with Gasteiger partial charge in [-0.2, -0.15) is 11.3 Å². The van der Waals surface area contributed by atoms with Crippen molar-refractivity contribution in [2.75, 3.05) is 0 Å². The molecule has 0 amide bonds. The summed E-state index contributed by atoms with van der Waals surface area (Å²) in [5, 5.41) is 4.04. The van der Waals surface area contributed by atoms with Gasteiger partial charge in [-0.3, -0.25) is 4.79 Å². The van der Waals surface area contributed by atoms with Gasteiger partial charge in [-0.1, -0.05) is 45.4 Å². The maximum atomic E-state index is 11.9. The van der Waals surface area contributed by atoms with Crippen molar-refractivity contribution in [2.24, 2.45) is 0 Å². The van der Waals surface area contributed by atoms with E-state index in [4.69, 9.17) is 0 Å². The highest BCUT2D eigenvalue weighted by atomic mass is 32.1. The van der Waals surface area contributed by atoms with E-state index in [-0.39, 0.29) is 0 Å². The van der Waals surface area contributed by atoms with Crippen LogP contribution in [-0.2, 0) is 0 Å². The van der Waals surface area contributed by atoms with Crippen molar-refractivity contribution in [1.82, 2.24) is 0 Å². The number of hydrogen-bond donors (Lipinski definition) is 0. The predicted molar refractivity (Wildman–Crippen MR) is 76.0 cm³/mol. The molecule has 0 saturated heterocycles. The molecule has 0 unspecified atom stereocenters. The fourth-order valence-electron chi connectivity index (χ4n) is 2.02. The molecule has 0 N–H and O–H groups in total. The van der Waals surface area contributed by atoms with Gasteiger partial charge < -0.3 is 0 Å². The highest BCUT2D eigenvalue weighted by Crippen LogP contribution is 2.17. The van der Waals surface area contributed by atoms with Crippen LogP contribution in [0, 0.1) is 6.92 Å². The van der Waals surface area contributed by atoms with E-state index in [9.17, 15) is 4.79 Å². The molecular formula is C15H24OS. The van der Waals surface area contributed by atoms with Gasteiger partial charge in [0, 0.05) is 17.4 Å². The standard InChI is InChI=1S/C15H24OS/c1-3-4-5-6-7-8-9-10-15(16)14-12-17-11-13(14)2/h11-12H,3-10H2,1-2H3. The lowest BCUT2D eigenvalue weighted by Gasteiger charge is -2.01. The molecule has 1 aromatic rings. The van der Waals surface area contributed by atoms with Gasteiger partial charge in [0.2, 0.25) is 0 Å². The summed E-state index contributed by atoms with van der Waals surface area (Å²) in [7, 11) is 0. The second-order valence-electron chi connectivity index (χ2n) is 4.76.